The Morgan fingerprint density at radius 3 is 2.35 bits per heavy atom. The van der Waals surface area contributed by atoms with Gasteiger partial charge in [-0.15, -0.1) is 6.42 Å². The molecule has 2 N–H and O–H groups in total. The van der Waals surface area contributed by atoms with Crippen molar-refractivity contribution < 1.29 is 23.5 Å². The molecule has 0 atom stereocenters. The summed E-state index contributed by atoms with van der Waals surface area (Å²) in [7, 11) is 2.42. The first-order valence-electron chi connectivity index (χ1n) is 9.01. The molecule has 0 aliphatic heterocycles. The number of hydrogen-bond acceptors (Lipinski definition) is 5. The number of carbonyl (C=O) groups is 2. The van der Waals surface area contributed by atoms with E-state index >= 15 is 0 Å². The van der Waals surface area contributed by atoms with Gasteiger partial charge in [-0.3, -0.25) is 0 Å². The zero-order valence-electron chi connectivity index (χ0n) is 16.7. The van der Waals surface area contributed by atoms with Gasteiger partial charge in [-0.1, -0.05) is 34.0 Å². The molecule has 158 valence electrons. The van der Waals surface area contributed by atoms with Gasteiger partial charge in [0.2, 0.25) is 0 Å². The number of halogens is 2. The lowest BCUT2D eigenvalue weighted by molar-refractivity contribution is 0.0587. The molecule has 0 saturated carbocycles. The van der Waals surface area contributed by atoms with E-state index < -0.39 is 17.8 Å². The zero-order valence-corrected chi connectivity index (χ0v) is 18.3. The molecule has 0 aliphatic carbocycles. The van der Waals surface area contributed by atoms with E-state index in [2.05, 4.69) is 21.9 Å². The van der Waals surface area contributed by atoms with Crippen molar-refractivity contribution in [3.8, 4) is 23.5 Å². The molecule has 3 aromatic rings. The smallest absolute Gasteiger partial charge is 0.355 e. The average Bonchev–Trinajstić information content (AvgIpc) is 3.09. The van der Waals surface area contributed by atoms with E-state index in [0.29, 0.717) is 16.8 Å². The Bertz CT molecular complexity index is 1210. The Balaban J connectivity index is 2.40. The van der Waals surface area contributed by atoms with Crippen molar-refractivity contribution in [2.45, 2.75) is 6.54 Å². The van der Waals surface area contributed by atoms with E-state index in [1.54, 1.807) is 18.2 Å². The molecule has 0 spiro atoms. The van der Waals surface area contributed by atoms with Gasteiger partial charge in [0.1, 0.15) is 22.8 Å². The number of nitrogen functional groups attached to an aromatic ring is 1. The number of esters is 2. The number of methoxy groups -OCH3 is 2. The lowest BCUT2D eigenvalue weighted by Gasteiger charge is -2.13. The molecule has 0 unspecified atom stereocenters. The summed E-state index contributed by atoms with van der Waals surface area (Å²) < 4.78 is 25.7. The summed E-state index contributed by atoms with van der Waals surface area (Å²) in [5, 5.41) is 0. The number of ether oxygens (including phenoxy) is 2. The summed E-state index contributed by atoms with van der Waals surface area (Å²) in [4.78, 5) is 25.6. The molecular weight excluding hydrogens is 467 g/mol. The van der Waals surface area contributed by atoms with E-state index in [0.717, 1.165) is 4.47 Å². The SMILES string of the molecule is C#Cc1c(C(=O)OC)c(-c2ccc(F)cc2)c(C(=O)OC)n1Cc1cc(Br)ccc1N. The van der Waals surface area contributed by atoms with Crippen LogP contribution in [0, 0.1) is 18.2 Å². The molecule has 1 heterocycles. The lowest BCUT2D eigenvalue weighted by atomic mass is 10.00. The second kappa shape index (κ2) is 9.06. The second-order valence-electron chi connectivity index (χ2n) is 6.51. The van der Waals surface area contributed by atoms with Crippen LogP contribution in [-0.4, -0.2) is 30.7 Å². The fraction of sp³-hybridized carbons (Fsp3) is 0.130. The highest BCUT2D eigenvalue weighted by Crippen LogP contribution is 2.35. The van der Waals surface area contributed by atoms with Crippen LogP contribution in [0.2, 0.25) is 0 Å². The molecule has 0 amide bonds. The maximum atomic E-state index is 13.5. The van der Waals surface area contributed by atoms with E-state index in [9.17, 15) is 14.0 Å². The van der Waals surface area contributed by atoms with Crippen molar-refractivity contribution in [1.29, 1.82) is 0 Å². The normalized spacial score (nSPS) is 10.4. The summed E-state index contributed by atoms with van der Waals surface area (Å²) in [6.45, 7) is 0.0838. The molecular formula is C23H18BrFN2O4. The largest absolute Gasteiger partial charge is 0.465 e. The number of terminal acetylenes is 1. The third-order valence-corrected chi connectivity index (χ3v) is 5.23. The molecule has 6 nitrogen and oxygen atoms in total. The van der Waals surface area contributed by atoms with Crippen LogP contribution < -0.4 is 5.73 Å². The fourth-order valence-corrected chi connectivity index (χ4v) is 3.72. The third-order valence-electron chi connectivity index (χ3n) is 4.73. The van der Waals surface area contributed by atoms with Gasteiger partial charge >= 0.3 is 11.9 Å². The first-order chi connectivity index (χ1) is 14.8. The van der Waals surface area contributed by atoms with E-state index in [-0.39, 0.29) is 29.1 Å². The Hall–Kier alpha value is -3.57. The standard InChI is InChI=1S/C23H18BrFN2O4/c1-4-18-20(22(28)30-2)19(13-5-8-16(25)9-6-13)21(23(29)31-3)27(18)12-14-11-15(24)7-10-17(14)26/h1,5-11H,12,26H2,2-3H3. The highest BCUT2D eigenvalue weighted by Gasteiger charge is 2.32. The number of benzene rings is 2. The molecule has 31 heavy (non-hydrogen) atoms. The predicted molar refractivity (Wildman–Crippen MR) is 118 cm³/mol. The van der Waals surface area contributed by atoms with Crippen LogP contribution in [0.25, 0.3) is 11.1 Å². The second-order valence-corrected chi connectivity index (χ2v) is 7.43. The molecule has 3 rings (SSSR count). The van der Waals surface area contributed by atoms with Crippen LogP contribution in [0.5, 0.6) is 0 Å². The lowest BCUT2D eigenvalue weighted by Crippen LogP contribution is -2.14. The van der Waals surface area contributed by atoms with Crippen LogP contribution >= 0.6 is 15.9 Å². The van der Waals surface area contributed by atoms with Crippen LogP contribution in [0.15, 0.2) is 46.9 Å². The third kappa shape index (κ3) is 4.18. The predicted octanol–water partition coefficient (Wildman–Crippen LogP) is 4.24. The summed E-state index contributed by atoms with van der Waals surface area (Å²) in [5.74, 6) is 0.551. The van der Waals surface area contributed by atoms with Crippen LogP contribution in [0.3, 0.4) is 0 Å². The van der Waals surface area contributed by atoms with Gasteiger partial charge in [0, 0.05) is 15.7 Å². The van der Waals surface area contributed by atoms with Gasteiger partial charge in [-0.25, -0.2) is 14.0 Å². The van der Waals surface area contributed by atoms with Crippen molar-refractivity contribution in [1.82, 2.24) is 4.57 Å². The first-order valence-corrected chi connectivity index (χ1v) is 9.81. The van der Waals surface area contributed by atoms with Crippen molar-refractivity contribution in [3.63, 3.8) is 0 Å². The monoisotopic (exact) mass is 484 g/mol. The quantitative estimate of drug-likeness (QED) is 0.332. The Morgan fingerprint density at radius 1 is 1.13 bits per heavy atom. The highest BCUT2D eigenvalue weighted by atomic mass is 79.9. The van der Waals surface area contributed by atoms with Gasteiger partial charge in [0.05, 0.1) is 20.8 Å². The van der Waals surface area contributed by atoms with Crippen LogP contribution in [0.4, 0.5) is 10.1 Å². The van der Waals surface area contributed by atoms with E-state index in [1.165, 1.54) is 43.1 Å². The van der Waals surface area contributed by atoms with Gasteiger partial charge in [-0.05, 0) is 41.5 Å². The Labute approximate surface area is 186 Å². The molecule has 0 bridgehead atoms. The maximum Gasteiger partial charge on any atom is 0.355 e. The summed E-state index contributed by atoms with van der Waals surface area (Å²) >= 11 is 3.40. The van der Waals surface area contributed by atoms with Crippen molar-refractivity contribution in [2.24, 2.45) is 0 Å². The number of carbonyl (C=O) groups excluding carboxylic acids is 2. The minimum Gasteiger partial charge on any atom is -0.465 e. The van der Waals surface area contributed by atoms with Crippen LogP contribution in [0.1, 0.15) is 32.1 Å². The molecule has 8 heteroatoms. The van der Waals surface area contributed by atoms with Gasteiger partial charge in [0.15, 0.2) is 0 Å². The van der Waals surface area contributed by atoms with Gasteiger partial charge < -0.3 is 19.8 Å². The van der Waals surface area contributed by atoms with Gasteiger partial charge in [-0.2, -0.15) is 0 Å². The minimum absolute atomic E-state index is 0.00516. The van der Waals surface area contributed by atoms with Crippen molar-refractivity contribution >= 4 is 33.6 Å². The summed E-state index contributed by atoms with van der Waals surface area (Å²) in [6, 6.07) is 10.6. The Kier molecular flexibility index (Phi) is 6.47. The van der Waals surface area contributed by atoms with E-state index in [4.69, 9.17) is 21.6 Å². The molecule has 0 radical (unpaired) electrons. The number of nitrogens with two attached hydrogens (primary N) is 1. The number of anilines is 1. The molecule has 1 aromatic heterocycles. The number of aromatic nitrogens is 1. The Morgan fingerprint density at radius 2 is 1.77 bits per heavy atom. The number of nitrogens with zero attached hydrogens (tertiary/aromatic N) is 1. The topological polar surface area (TPSA) is 83.6 Å². The maximum absolute atomic E-state index is 13.5. The first kappa shape index (κ1) is 22.1. The average molecular weight is 485 g/mol. The highest BCUT2D eigenvalue weighted by molar-refractivity contribution is 9.10. The minimum atomic E-state index is -0.738. The van der Waals surface area contributed by atoms with Crippen molar-refractivity contribution in [2.75, 3.05) is 20.0 Å². The zero-order chi connectivity index (χ0) is 22.7. The summed E-state index contributed by atoms with van der Waals surface area (Å²) in [6.07, 6.45) is 5.76. The molecule has 0 fully saturated rings. The van der Waals surface area contributed by atoms with Gasteiger partial charge in [0.25, 0.3) is 0 Å². The molecule has 0 aliphatic rings. The number of hydrogen-bond donors (Lipinski definition) is 1. The number of rotatable bonds is 5. The van der Waals surface area contributed by atoms with E-state index in [1.807, 2.05) is 0 Å². The summed E-state index contributed by atoms with van der Waals surface area (Å²) in [5.41, 5.74) is 7.99. The van der Waals surface area contributed by atoms with Crippen molar-refractivity contribution in [3.05, 3.63) is 75.3 Å². The van der Waals surface area contributed by atoms with Crippen LogP contribution in [-0.2, 0) is 16.0 Å². The fourth-order valence-electron chi connectivity index (χ4n) is 3.32. The molecule has 2 aromatic carbocycles. The molecule has 0 saturated heterocycles.